The van der Waals surface area contributed by atoms with Gasteiger partial charge in [-0.05, 0) is 19.9 Å². The molecule has 0 aromatic carbocycles. The van der Waals surface area contributed by atoms with E-state index in [2.05, 4.69) is 22.1 Å². The number of hydrogen-bond donors (Lipinski definition) is 3. The second-order valence-corrected chi connectivity index (χ2v) is 4.81. The molecule has 0 aliphatic heterocycles. The molecule has 0 unspecified atom stereocenters. The number of aliphatic hydroxyl groups excluding tert-OH is 1. The van der Waals surface area contributed by atoms with Gasteiger partial charge in [-0.25, -0.2) is 0 Å². The van der Waals surface area contributed by atoms with Gasteiger partial charge >= 0.3 is 0 Å². The number of nitrogens with two attached hydrogens (primary N) is 1. The summed E-state index contributed by atoms with van der Waals surface area (Å²) in [5.41, 5.74) is 5.15. The highest BCUT2D eigenvalue weighted by Crippen LogP contribution is 2.13. The molecule has 0 saturated heterocycles. The Hall–Kier alpha value is -2.39. The molecule has 0 aliphatic carbocycles. The van der Waals surface area contributed by atoms with Crippen molar-refractivity contribution in [1.29, 1.82) is 0 Å². The van der Waals surface area contributed by atoms with Gasteiger partial charge in [-0.2, -0.15) is 0 Å². The maximum atomic E-state index is 12.1. The Labute approximate surface area is 117 Å². The van der Waals surface area contributed by atoms with Gasteiger partial charge in [0.15, 0.2) is 0 Å². The summed E-state index contributed by atoms with van der Waals surface area (Å²) in [5.74, 6) is 4.25. The van der Waals surface area contributed by atoms with Crippen molar-refractivity contribution < 1.29 is 14.7 Å². The van der Waals surface area contributed by atoms with E-state index in [4.69, 9.17) is 10.8 Å². The zero-order chi connectivity index (χ0) is 15.2. The molecule has 106 valence electrons. The lowest BCUT2D eigenvalue weighted by Crippen LogP contribution is -2.42. The third-order valence-corrected chi connectivity index (χ3v) is 2.73. The van der Waals surface area contributed by atoms with Crippen LogP contribution in [0.4, 0.5) is 0 Å². The maximum absolute atomic E-state index is 12.1. The summed E-state index contributed by atoms with van der Waals surface area (Å²) >= 11 is 0. The monoisotopic (exact) mass is 275 g/mol. The Bertz CT molecular complexity index is 571. The number of carbonyl (C=O) groups is 2. The minimum Gasteiger partial charge on any atom is -0.384 e. The lowest BCUT2D eigenvalue weighted by molar-refractivity contribution is -0.125. The SMILES string of the molecule is CC(C)(CNC(=O)c1ccncc1C#CCO)C(N)=O. The number of aromatic nitrogens is 1. The van der Waals surface area contributed by atoms with Crippen LogP contribution in [0.2, 0.25) is 0 Å². The van der Waals surface area contributed by atoms with Gasteiger partial charge in [0.25, 0.3) is 5.91 Å². The van der Waals surface area contributed by atoms with Crippen LogP contribution in [0.25, 0.3) is 0 Å². The fourth-order valence-corrected chi connectivity index (χ4v) is 1.31. The van der Waals surface area contributed by atoms with E-state index >= 15 is 0 Å². The van der Waals surface area contributed by atoms with Crippen molar-refractivity contribution in [3.05, 3.63) is 29.6 Å². The molecule has 6 nitrogen and oxygen atoms in total. The molecular weight excluding hydrogens is 258 g/mol. The van der Waals surface area contributed by atoms with Crippen molar-refractivity contribution >= 4 is 11.8 Å². The zero-order valence-electron chi connectivity index (χ0n) is 11.4. The molecular formula is C14H17N3O3. The first-order valence-corrected chi connectivity index (χ1v) is 6.00. The first kappa shape index (κ1) is 15.7. The average Bonchev–Trinajstić information content (AvgIpc) is 2.42. The lowest BCUT2D eigenvalue weighted by Gasteiger charge is -2.20. The molecule has 0 fully saturated rings. The number of nitrogens with one attached hydrogen (secondary N) is 1. The van der Waals surface area contributed by atoms with Gasteiger partial charge in [0.2, 0.25) is 5.91 Å². The molecule has 0 aliphatic rings. The molecule has 1 heterocycles. The topological polar surface area (TPSA) is 105 Å². The predicted octanol–water partition coefficient (Wildman–Crippen LogP) is -0.333. The molecule has 1 rings (SSSR count). The molecule has 0 atom stereocenters. The molecule has 0 radical (unpaired) electrons. The Morgan fingerprint density at radius 2 is 2.20 bits per heavy atom. The summed E-state index contributed by atoms with van der Waals surface area (Å²) in [6.07, 6.45) is 2.91. The van der Waals surface area contributed by atoms with Crippen molar-refractivity contribution in [2.45, 2.75) is 13.8 Å². The summed E-state index contributed by atoms with van der Waals surface area (Å²) in [4.78, 5) is 27.1. The first-order chi connectivity index (χ1) is 9.38. The Balaban J connectivity index is 2.86. The van der Waals surface area contributed by atoms with Gasteiger partial charge in [-0.15, -0.1) is 0 Å². The van der Waals surface area contributed by atoms with Crippen LogP contribution >= 0.6 is 0 Å². The number of carbonyl (C=O) groups excluding carboxylic acids is 2. The highest BCUT2D eigenvalue weighted by molar-refractivity contribution is 5.97. The third-order valence-electron chi connectivity index (χ3n) is 2.73. The zero-order valence-corrected chi connectivity index (χ0v) is 11.4. The molecule has 0 saturated carbocycles. The Morgan fingerprint density at radius 3 is 2.80 bits per heavy atom. The summed E-state index contributed by atoms with van der Waals surface area (Å²) in [6.45, 7) is 3.12. The molecule has 4 N–H and O–H groups in total. The summed E-state index contributed by atoms with van der Waals surface area (Å²) < 4.78 is 0. The second-order valence-electron chi connectivity index (χ2n) is 4.81. The molecule has 1 aromatic heterocycles. The van der Waals surface area contributed by atoms with Gasteiger partial charge in [0, 0.05) is 18.9 Å². The normalized spacial score (nSPS) is 10.3. The van der Waals surface area contributed by atoms with Crippen LogP contribution < -0.4 is 11.1 Å². The minimum atomic E-state index is -0.834. The van der Waals surface area contributed by atoms with E-state index in [9.17, 15) is 9.59 Å². The van der Waals surface area contributed by atoms with E-state index in [1.54, 1.807) is 13.8 Å². The fraction of sp³-hybridized carbons (Fsp3) is 0.357. The molecule has 2 amide bonds. The van der Waals surface area contributed by atoms with Crippen molar-refractivity contribution in [3.63, 3.8) is 0 Å². The number of aliphatic hydroxyl groups is 1. The molecule has 1 aromatic rings. The van der Waals surface area contributed by atoms with Gasteiger partial charge in [-0.1, -0.05) is 11.8 Å². The lowest BCUT2D eigenvalue weighted by atomic mass is 9.92. The molecule has 0 spiro atoms. The second kappa shape index (κ2) is 6.68. The van der Waals surface area contributed by atoms with Gasteiger partial charge in [-0.3, -0.25) is 14.6 Å². The number of pyridine rings is 1. The van der Waals surface area contributed by atoms with Crippen LogP contribution in [0.3, 0.4) is 0 Å². The summed E-state index contributed by atoms with van der Waals surface area (Å²) in [5, 5.41) is 11.3. The van der Waals surface area contributed by atoms with Gasteiger partial charge < -0.3 is 16.2 Å². The van der Waals surface area contributed by atoms with Crippen LogP contribution in [0.5, 0.6) is 0 Å². The quantitative estimate of drug-likeness (QED) is 0.654. The van der Waals surface area contributed by atoms with Crippen LogP contribution in [0.1, 0.15) is 29.8 Å². The van der Waals surface area contributed by atoms with E-state index in [1.807, 2.05) is 0 Å². The van der Waals surface area contributed by atoms with Crippen LogP contribution in [-0.2, 0) is 4.79 Å². The fourth-order valence-electron chi connectivity index (χ4n) is 1.31. The smallest absolute Gasteiger partial charge is 0.252 e. The van der Waals surface area contributed by atoms with E-state index in [0.717, 1.165) is 0 Å². The third kappa shape index (κ3) is 4.07. The highest BCUT2D eigenvalue weighted by Gasteiger charge is 2.25. The van der Waals surface area contributed by atoms with Gasteiger partial charge in [0.1, 0.15) is 6.61 Å². The summed E-state index contributed by atoms with van der Waals surface area (Å²) in [6, 6.07) is 1.52. The number of rotatable bonds is 4. The molecule has 6 heteroatoms. The number of hydrogen-bond acceptors (Lipinski definition) is 4. The highest BCUT2D eigenvalue weighted by atomic mass is 16.2. The van der Waals surface area contributed by atoms with E-state index in [1.165, 1.54) is 18.5 Å². The number of primary amides is 1. The number of amides is 2. The average molecular weight is 275 g/mol. The van der Waals surface area contributed by atoms with Crippen molar-refractivity contribution in [1.82, 2.24) is 10.3 Å². The maximum Gasteiger partial charge on any atom is 0.252 e. The van der Waals surface area contributed by atoms with Crippen molar-refractivity contribution in [2.75, 3.05) is 13.2 Å². The molecule has 20 heavy (non-hydrogen) atoms. The Morgan fingerprint density at radius 1 is 1.50 bits per heavy atom. The largest absolute Gasteiger partial charge is 0.384 e. The van der Waals surface area contributed by atoms with Crippen LogP contribution in [0, 0.1) is 17.3 Å². The van der Waals surface area contributed by atoms with Crippen LogP contribution in [-0.4, -0.2) is 35.1 Å². The standard InChI is InChI=1S/C14H17N3O3/c1-14(2,13(15)20)9-17-12(19)11-5-6-16-8-10(11)4-3-7-18/h5-6,8,18H,7,9H2,1-2H3,(H2,15,20)(H,17,19). The van der Waals surface area contributed by atoms with E-state index in [-0.39, 0.29) is 19.1 Å². The van der Waals surface area contributed by atoms with Crippen LogP contribution in [0.15, 0.2) is 18.5 Å². The van der Waals surface area contributed by atoms with Gasteiger partial charge in [0.05, 0.1) is 16.5 Å². The molecule has 0 bridgehead atoms. The first-order valence-electron chi connectivity index (χ1n) is 6.00. The predicted molar refractivity (Wildman–Crippen MR) is 73.5 cm³/mol. The van der Waals surface area contributed by atoms with E-state index in [0.29, 0.717) is 11.1 Å². The van der Waals surface area contributed by atoms with E-state index < -0.39 is 11.3 Å². The number of nitrogens with zero attached hydrogens (tertiary/aromatic N) is 1. The van der Waals surface area contributed by atoms with Crippen molar-refractivity contribution in [3.8, 4) is 11.8 Å². The minimum absolute atomic E-state index is 0.121. The summed E-state index contributed by atoms with van der Waals surface area (Å²) in [7, 11) is 0. The Kier molecular flexibility index (Phi) is 5.23. The van der Waals surface area contributed by atoms with Crippen molar-refractivity contribution in [2.24, 2.45) is 11.1 Å².